The fourth-order valence-electron chi connectivity index (χ4n) is 7.58. The van der Waals surface area contributed by atoms with Crippen LogP contribution in [0.5, 0.6) is 0 Å². The summed E-state index contributed by atoms with van der Waals surface area (Å²) in [5.41, 5.74) is 6.97. The molecular formula is C40H24N4. The zero-order valence-corrected chi connectivity index (χ0v) is 23.6. The molecule has 0 N–H and O–H groups in total. The summed E-state index contributed by atoms with van der Waals surface area (Å²) < 4.78 is 4.88. The second-order valence-corrected chi connectivity index (χ2v) is 11.4. The van der Waals surface area contributed by atoms with Crippen LogP contribution in [-0.4, -0.2) is 19.1 Å². The Bertz CT molecular complexity index is 2560. The predicted octanol–water partition coefficient (Wildman–Crippen LogP) is 10.1. The third-order valence-electron chi connectivity index (χ3n) is 9.22. The van der Waals surface area contributed by atoms with Crippen LogP contribution in [0.3, 0.4) is 0 Å². The quantitative estimate of drug-likeness (QED) is 0.197. The van der Waals surface area contributed by atoms with Crippen LogP contribution in [0.4, 0.5) is 0 Å². The lowest BCUT2D eigenvalue weighted by molar-refractivity contribution is 1.18. The molecule has 0 spiro atoms. The number of aromatic nitrogens is 4. The zero-order chi connectivity index (χ0) is 28.8. The van der Waals surface area contributed by atoms with Crippen LogP contribution >= 0.6 is 0 Å². The molecule has 0 amide bonds. The maximum Gasteiger partial charge on any atom is 0.0633 e. The molecule has 0 unspecified atom stereocenters. The van der Waals surface area contributed by atoms with Gasteiger partial charge in [-0.3, -0.25) is 9.97 Å². The van der Waals surface area contributed by atoms with E-state index in [0.29, 0.717) is 0 Å². The summed E-state index contributed by atoms with van der Waals surface area (Å²) in [5.74, 6) is 0. The van der Waals surface area contributed by atoms with Gasteiger partial charge in [0.15, 0.2) is 0 Å². The van der Waals surface area contributed by atoms with E-state index in [4.69, 9.17) is 0 Å². The molecule has 44 heavy (non-hydrogen) atoms. The highest BCUT2D eigenvalue weighted by molar-refractivity contribution is 6.44. The van der Waals surface area contributed by atoms with Gasteiger partial charge in [0.25, 0.3) is 0 Å². The van der Waals surface area contributed by atoms with Gasteiger partial charge in [-0.25, -0.2) is 0 Å². The molecule has 204 valence electrons. The van der Waals surface area contributed by atoms with Gasteiger partial charge >= 0.3 is 0 Å². The van der Waals surface area contributed by atoms with Crippen LogP contribution < -0.4 is 0 Å². The summed E-state index contributed by atoms with van der Waals surface area (Å²) in [4.78, 5) is 9.25. The average Bonchev–Trinajstić information content (AvgIpc) is 3.63. The Kier molecular flexibility index (Phi) is 4.69. The second kappa shape index (κ2) is 8.76. The SMILES string of the molecule is c1ccc(-n2c3ccncc3c3c4ccccc4c4c(c5ccccc5c5c6cnccc6n(-c6ccccc6)c54)c32)cc1. The minimum absolute atomic E-state index is 1.13. The van der Waals surface area contributed by atoms with Crippen molar-refractivity contribution in [3.05, 3.63) is 146 Å². The van der Waals surface area contributed by atoms with Gasteiger partial charge in [0, 0.05) is 68.5 Å². The molecule has 0 bridgehead atoms. The molecule has 0 aliphatic carbocycles. The van der Waals surface area contributed by atoms with Crippen molar-refractivity contribution in [2.45, 2.75) is 0 Å². The summed E-state index contributed by atoms with van der Waals surface area (Å²) in [7, 11) is 0. The molecule has 10 rings (SSSR count). The third-order valence-corrected chi connectivity index (χ3v) is 9.22. The van der Waals surface area contributed by atoms with Gasteiger partial charge in [-0.15, -0.1) is 0 Å². The number of pyridine rings is 2. The summed E-state index contributed by atoms with van der Waals surface area (Å²) in [6.45, 7) is 0. The molecule has 6 aromatic carbocycles. The van der Waals surface area contributed by atoms with Gasteiger partial charge in [-0.2, -0.15) is 0 Å². The van der Waals surface area contributed by atoms with E-state index in [0.717, 1.165) is 33.2 Å². The molecule has 10 aromatic rings. The van der Waals surface area contributed by atoms with Gasteiger partial charge in [0.1, 0.15) is 0 Å². The zero-order valence-electron chi connectivity index (χ0n) is 23.6. The van der Waals surface area contributed by atoms with E-state index in [2.05, 4.69) is 140 Å². The van der Waals surface area contributed by atoms with Crippen molar-refractivity contribution in [1.29, 1.82) is 0 Å². The smallest absolute Gasteiger partial charge is 0.0633 e. The molecule has 4 nitrogen and oxygen atoms in total. The molecule has 0 atom stereocenters. The van der Waals surface area contributed by atoms with E-state index in [9.17, 15) is 0 Å². The predicted molar refractivity (Wildman–Crippen MR) is 183 cm³/mol. The van der Waals surface area contributed by atoms with Crippen molar-refractivity contribution in [3.8, 4) is 11.4 Å². The van der Waals surface area contributed by atoms with Crippen LogP contribution in [0.25, 0.3) is 87.3 Å². The molecule has 4 aromatic heterocycles. The van der Waals surface area contributed by atoms with Crippen molar-refractivity contribution >= 4 is 75.9 Å². The number of nitrogens with zero attached hydrogens (tertiary/aromatic N) is 4. The number of benzene rings is 6. The van der Waals surface area contributed by atoms with Crippen molar-refractivity contribution in [1.82, 2.24) is 19.1 Å². The van der Waals surface area contributed by atoms with E-state index < -0.39 is 0 Å². The normalized spacial score (nSPS) is 12.1. The van der Waals surface area contributed by atoms with E-state index >= 15 is 0 Å². The first kappa shape index (κ1) is 23.6. The first-order valence-electron chi connectivity index (χ1n) is 14.9. The monoisotopic (exact) mass is 560 g/mol. The van der Waals surface area contributed by atoms with E-state index in [1.54, 1.807) is 0 Å². The topological polar surface area (TPSA) is 35.6 Å². The van der Waals surface area contributed by atoms with E-state index in [1.165, 1.54) is 54.1 Å². The lowest BCUT2D eigenvalue weighted by Crippen LogP contribution is -1.98. The van der Waals surface area contributed by atoms with E-state index in [1.807, 2.05) is 24.8 Å². The van der Waals surface area contributed by atoms with Crippen molar-refractivity contribution in [2.75, 3.05) is 0 Å². The van der Waals surface area contributed by atoms with Gasteiger partial charge < -0.3 is 9.13 Å². The lowest BCUT2D eigenvalue weighted by Gasteiger charge is -2.17. The third kappa shape index (κ3) is 2.96. The molecule has 0 aliphatic heterocycles. The maximum atomic E-state index is 4.63. The summed E-state index contributed by atoms with van der Waals surface area (Å²) in [5, 5.41) is 12.2. The lowest BCUT2D eigenvalue weighted by atomic mass is 9.90. The largest absolute Gasteiger partial charge is 0.308 e. The first-order chi connectivity index (χ1) is 21.9. The number of para-hydroxylation sites is 2. The van der Waals surface area contributed by atoms with Gasteiger partial charge in [0.05, 0.1) is 22.1 Å². The van der Waals surface area contributed by atoms with Crippen LogP contribution in [0, 0.1) is 0 Å². The van der Waals surface area contributed by atoms with Crippen LogP contribution in [0.2, 0.25) is 0 Å². The van der Waals surface area contributed by atoms with Crippen LogP contribution in [0.15, 0.2) is 146 Å². The minimum atomic E-state index is 1.13. The number of hydrogen-bond donors (Lipinski definition) is 0. The summed E-state index contributed by atoms with van der Waals surface area (Å²) in [6.07, 6.45) is 7.87. The minimum Gasteiger partial charge on any atom is -0.308 e. The Hall–Kier alpha value is -6.00. The fourth-order valence-corrected chi connectivity index (χ4v) is 7.58. The van der Waals surface area contributed by atoms with Crippen molar-refractivity contribution < 1.29 is 0 Å². The summed E-state index contributed by atoms with van der Waals surface area (Å²) >= 11 is 0. The Labute approximate surface area is 252 Å². The van der Waals surface area contributed by atoms with Crippen molar-refractivity contribution in [2.24, 2.45) is 0 Å². The summed E-state index contributed by atoms with van der Waals surface area (Å²) in [6, 6.07) is 43.5. The Balaban J connectivity index is 1.64. The average molecular weight is 561 g/mol. The molecule has 0 aliphatic rings. The molecule has 0 fully saturated rings. The molecule has 0 saturated carbocycles. The van der Waals surface area contributed by atoms with E-state index in [-0.39, 0.29) is 0 Å². The Morgan fingerprint density at radius 1 is 0.341 bits per heavy atom. The molecule has 4 heteroatoms. The molecule has 4 heterocycles. The van der Waals surface area contributed by atoms with Crippen LogP contribution in [-0.2, 0) is 0 Å². The highest BCUT2D eigenvalue weighted by atomic mass is 15.0. The number of hydrogen-bond acceptors (Lipinski definition) is 2. The number of rotatable bonds is 2. The first-order valence-corrected chi connectivity index (χ1v) is 14.9. The fraction of sp³-hybridized carbons (Fsp3) is 0. The molecule has 0 saturated heterocycles. The molecular weight excluding hydrogens is 536 g/mol. The standard InChI is InChI=1S/C40H24N4/c1-3-11-25(12-4-1)43-33-19-21-41-23-31(33)35-27-15-7-10-18-30(27)38-37(39(35)43)29-17-9-8-16-28(29)36-32-24-42-22-20-34(32)44(40(36)38)26-13-5-2-6-14-26/h1-24H. The van der Waals surface area contributed by atoms with Crippen molar-refractivity contribution in [3.63, 3.8) is 0 Å². The van der Waals surface area contributed by atoms with Gasteiger partial charge in [-0.1, -0.05) is 84.9 Å². The Morgan fingerprint density at radius 2 is 0.705 bits per heavy atom. The van der Waals surface area contributed by atoms with Gasteiger partial charge in [0.2, 0.25) is 0 Å². The molecule has 0 radical (unpaired) electrons. The van der Waals surface area contributed by atoms with Gasteiger partial charge in [-0.05, 0) is 57.9 Å². The van der Waals surface area contributed by atoms with Crippen LogP contribution in [0.1, 0.15) is 0 Å². The highest BCUT2D eigenvalue weighted by Gasteiger charge is 2.25. The highest BCUT2D eigenvalue weighted by Crippen LogP contribution is 2.49. The maximum absolute atomic E-state index is 4.63. The second-order valence-electron chi connectivity index (χ2n) is 11.4. The number of fused-ring (bicyclic) bond motifs is 15. The Morgan fingerprint density at radius 3 is 1.11 bits per heavy atom.